The maximum Gasteiger partial charge on any atom is 0.169 e. The summed E-state index contributed by atoms with van der Waals surface area (Å²) in [5, 5.41) is 9.53. The van der Waals surface area contributed by atoms with E-state index in [9.17, 15) is 8.78 Å². The Hall–Kier alpha value is -2.70. The lowest BCUT2D eigenvalue weighted by Crippen LogP contribution is -2.00. The number of fused-ring (bicyclic) bond motifs is 1. The Morgan fingerprint density at radius 2 is 2.05 bits per heavy atom. The summed E-state index contributed by atoms with van der Waals surface area (Å²) in [7, 11) is 0. The number of hydrogen-bond acceptors (Lipinski definition) is 4. The number of aromatic amines is 1. The molecule has 0 atom stereocenters. The van der Waals surface area contributed by atoms with Gasteiger partial charge in [0.25, 0.3) is 0 Å². The number of H-pyrrole nitrogens is 1. The normalized spacial score (nSPS) is 10.9. The number of hydrogen-bond donors (Lipinski definition) is 3. The number of pyridine rings is 1. The first-order valence-electron chi connectivity index (χ1n) is 5.88. The smallest absolute Gasteiger partial charge is 0.169 e. The lowest BCUT2D eigenvalue weighted by molar-refractivity contribution is 0.618. The van der Waals surface area contributed by atoms with Gasteiger partial charge in [0, 0.05) is 11.3 Å². The van der Waals surface area contributed by atoms with Crippen LogP contribution in [0.2, 0.25) is 0 Å². The molecule has 0 fully saturated rings. The Morgan fingerprint density at radius 1 is 1.25 bits per heavy atom. The fraction of sp³-hybridized carbons (Fsp3) is 0.0769. The monoisotopic (exact) mass is 275 g/mol. The number of aromatic nitrogens is 3. The van der Waals surface area contributed by atoms with E-state index in [1.807, 2.05) is 0 Å². The maximum atomic E-state index is 14.0. The van der Waals surface area contributed by atoms with Gasteiger partial charge in [-0.25, -0.2) is 13.8 Å². The summed E-state index contributed by atoms with van der Waals surface area (Å²) in [5.74, 6) is -0.800. The number of benzene rings is 1. The maximum absolute atomic E-state index is 14.0. The minimum absolute atomic E-state index is 0.0187. The van der Waals surface area contributed by atoms with E-state index in [4.69, 9.17) is 5.73 Å². The second-order valence-electron chi connectivity index (χ2n) is 4.36. The number of nitrogens with zero attached hydrogens (tertiary/aromatic N) is 2. The number of anilines is 3. The molecule has 5 nitrogen and oxygen atoms in total. The van der Waals surface area contributed by atoms with Crippen LogP contribution < -0.4 is 11.1 Å². The highest BCUT2D eigenvalue weighted by Crippen LogP contribution is 2.26. The first kappa shape index (κ1) is 12.3. The van der Waals surface area contributed by atoms with Gasteiger partial charge in [0.15, 0.2) is 23.1 Å². The van der Waals surface area contributed by atoms with Crippen LogP contribution in [0, 0.1) is 18.6 Å². The van der Waals surface area contributed by atoms with Crippen molar-refractivity contribution >= 4 is 28.4 Å². The fourth-order valence-electron chi connectivity index (χ4n) is 1.90. The zero-order chi connectivity index (χ0) is 14.3. The Balaban J connectivity index is 2.06. The molecule has 0 aliphatic carbocycles. The number of nitrogens with one attached hydrogen (secondary N) is 2. The number of nitrogen functional groups attached to an aromatic ring is 1. The van der Waals surface area contributed by atoms with E-state index in [1.165, 1.54) is 18.2 Å². The summed E-state index contributed by atoms with van der Waals surface area (Å²) in [6.07, 6.45) is 0. The van der Waals surface area contributed by atoms with E-state index < -0.39 is 5.82 Å². The van der Waals surface area contributed by atoms with Gasteiger partial charge in [0.05, 0.1) is 5.39 Å². The van der Waals surface area contributed by atoms with Gasteiger partial charge in [-0.2, -0.15) is 5.10 Å². The van der Waals surface area contributed by atoms with E-state index in [-0.39, 0.29) is 17.5 Å². The summed E-state index contributed by atoms with van der Waals surface area (Å²) in [5.41, 5.74) is 6.77. The van der Waals surface area contributed by atoms with Gasteiger partial charge in [0.1, 0.15) is 5.82 Å². The third-order valence-corrected chi connectivity index (χ3v) is 3.05. The molecule has 20 heavy (non-hydrogen) atoms. The highest BCUT2D eigenvalue weighted by atomic mass is 19.1. The zero-order valence-electron chi connectivity index (χ0n) is 10.5. The van der Waals surface area contributed by atoms with Crippen LogP contribution in [-0.2, 0) is 0 Å². The fourth-order valence-corrected chi connectivity index (χ4v) is 1.90. The largest absolute Gasteiger partial charge is 0.382 e. The van der Waals surface area contributed by atoms with Crippen molar-refractivity contribution in [3.8, 4) is 0 Å². The van der Waals surface area contributed by atoms with Crippen molar-refractivity contribution < 1.29 is 8.78 Å². The summed E-state index contributed by atoms with van der Waals surface area (Å²) >= 11 is 0. The Bertz CT molecular complexity index is 797. The molecule has 0 spiro atoms. The van der Waals surface area contributed by atoms with Crippen LogP contribution in [0.25, 0.3) is 11.0 Å². The highest BCUT2D eigenvalue weighted by molar-refractivity contribution is 5.87. The van der Waals surface area contributed by atoms with Gasteiger partial charge in [0.2, 0.25) is 0 Å². The molecule has 0 aliphatic rings. The van der Waals surface area contributed by atoms with Gasteiger partial charge in [-0.05, 0) is 25.1 Å². The first-order chi connectivity index (χ1) is 9.56. The second kappa shape index (κ2) is 4.44. The summed E-state index contributed by atoms with van der Waals surface area (Å²) in [4.78, 5) is 4.06. The van der Waals surface area contributed by atoms with Crippen LogP contribution in [0.4, 0.5) is 26.1 Å². The number of halogens is 2. The van der Waals surface area contributed by atoms with Crippen LogP contribution in [0.5, 0.6) is 0 Å². The van der Waals surface area contributed by atoms with Crippen molar-refractivity contribution in [2.75, 3.05) is 11.1 Å². The van der Waals surface area contributed by atoms with Crippen molar-refractivity contribution in [1.29, 1.82) is 0 Å². The molecule has 3 aromatic rings. The molecule has 3 rings (SSSR count). The Kier molecular flexibility index (Phi) is 2.74. The molecule has 0 saturated heterocycles. The predicted molar refractivity (Wildman–Crippen MR) is 72.7 cm³/mol. The molecular weight excluding hydrogens is 264 g/mol. The second-order valence-corrected chi connectivity index (χ2v) is 4.36. The van der Waals surface area contributed by atoms with Gasteiger partial charge < -0.3 is 11.1 Å². The van der Waals surface area contributed by atoms with Crippen LogP contribution in [0.3, 0.4) is 0 Å². The minimum Gasteiger partial charge on any atom is -0.382 e. The van der Waals surface area contributed by atoms with Gasteiger partial charge in [-0.1, -0.05) is 6.07 Å². The first-order valence-corrected chi connectivity index (χ1v) is 5.88. The van der Waals surface area contributed by atoms with Crippen LogP contribution in [-0.4, -0.2) is 15.2 Å². The average molecular weight is 275 g/mol. The summed E-state index contributed by atoms with van der Waals surface area (Å²) < 4.78 is 27.4. The van der Waals surface area contributed by atoms with Crippen molar-refractivity contribution in [3.05, 3.63) is 41.5 Å². The molecule has 7 heteroatoms. The summed E-state index contributed by atoms with van der Waals surface area (Å²) in [6, 6.07) is 5.75. The quantitative estimate of drug-likeness (QED) is 0.672. The van der Waals surface area contributed by atoms with Crippen molar-refractivity contribution in [3.63, 3.8) is 0 Å². The molecule has 0 aliphatic heterocycles. The van der Waals surface area contributed by atoms with Gasteiger partial charge >= 0.3 is 0 Å². The van der Waals surface area contributed by atoms with E-state index in [1.54, 1.807) is 13.0 Å². The Morgan fingerprint density at radius 3 is 2.85 bits per heavy atom. The number of rotatable bonds is 2. The van der Waals surface area contributed by atoms with Crippen LogP contribution >= 0.6 is 0 Å². The van der Waals surface area contributed by atoms with Crippen LogP contribution in [0.1, 0.15) is 5.56 Å². The standard InChI is InChI=1S/C13H11F2N5/c1-6-8(14)3-2-4-10(6)17-13-9(15)5-7-11(16)19-20-12(7)18-13/h2-5H,1H3,(H4,16,17,18,19,20). The highest BCUT2D eigenvalue weighted by Gasteiger charge is 2.12. The van der Waals surface area contributed by atoms with Gasteiger partial charge in [-0.3, -0.25) is 5.10 Å². The predicted octanol–water partition coefficient (Wildman–Crippen LogP) is 2.87. The Labute approximate surface area is 112 Å². The molecule has 1 aromatic carbocycles. The molecule has 0 saturated carbocycles. The molecule has 0 amide bonds. The molecule has 0 radical (unpaired) electrons. The zero-order valence-corrected chi connectivity index (χ0v) is 10.5. The molecular formula is C13H11F2N5. The molecule has 0 unspecified atom stereocenters. The van der Waals surface area contributed by atoms with Crippen molar-refractivity contribution in [1.82, 2.24) is 15.2 Å². The topological polar surface area (TPSA) is 79.6 Å². The lowest BCUT2D eigenvalue weighted by Gasteiger charge is -2.10. The SMILES string of the molecule is Cc1c(F)cccc1Nc1nc2[nH]nc(N)c2cc1F. The third kappa shape index (κ3) is 1.93. The van der Waals surface area contributed by atoms with Crippen molar-refractivity contribution in [2.45, 2.75) is 6.92 Å². The molecule has 4 N–H and O–H groups in total. The van der Waals surface area contributed by atoms with E-state index in [0.717, 1.165) is 0 Å². The van der Waals surface area contributed by atoms with Crippen molar-refractivity contribution in [2.24, 2.45) is 0 Å². The van der Waals surface area contributed by atoms with E-state index in [2.05, 4.69) is 20.5 Å². The average Bonchev–Trinajstić information content (AvgIpc) is 2.77. The molecule has 2 heterocycles. The van der Waals surface area contributed by atoms with E-state index >= 15 is 0 Å². The van der Waals surface area contributed by atoms with Gasteiger partial charge in [-0.15, -0.1) is 0 Å². The molecule has 0 bridgehead atoms. The summed E-state index contributed by atoms with van der Waals surface area (Å²) in [6.45, 7) is 1.60. The van der Waals surface area contributed by atoms with Crippen LogP contribution in [0.15, 0.2) is 24.3 Å². The molecule has 2 aromatic heterocycles. The third-order valence-electron chi connectivity index (χ3n) is 3.05. The molecule has 102 valence electrons. The lowest BCUT2D eigenvalue weighted by atomic mass is 10.2. The minimum atomic E-state index is -0.589. The van der Waals surface area contributed by atoms with E-state index in [0.29, 0.717) is 22.3 Å². The number of nitrogens with two attached hydrogens (primary N) is 1.